The Bertz CT molecular complexity index is 1510. The number of ether oxygens (including phenoxy) is 3. The predicted octanol–water partition coefficient (Wildman–Crippen LogP) is 4.09. The van der Waals surface area contributed by atoms with E-state index in [-0.39, 0.29) is 35.0 Å². The molecule has 0 bridgehead atoms. The largest absolute Gasteiger partial charge is 0.497 e. The van der Waals surface area contributed by atoms with Crippen molar-refractivity contribution in [3.05, 3.63) is 65.2 Å². The Morgan fingerprint density at radius 3 is 2.28 bits per heavy atom. The van der Waals surface area contributed by atoms with Crippen LogP contribution >= 0.6 is 0 Å². The first-order chi connectivity index (χ1) is 18.7. The molecule has 1 unspecified atom stereocenters. The van der Waals surface area contributed by atoms with Gasteiger partial charge in [0.1, 0.15) is 18.1 Å². The van der Waals surface area contributed by atoms with Gasteiger partial charge in [-0.2, -0.15) is 0 Å². The Labute approximate surface area is 227 Å². The highest BCUT2D eigenvalue weighted by atomic mass is 32.2. The third-order valence-corrected chi connectivity index (χ3v) is 7.11. The fourth-order valence-electron chi connectivity index (χ4n) is 3.99. The summed E-state index contributed by atoms with van der Waals surface area (Å²) in [6.45, 7) is 3.95. The van der Waals surface area contributed by atoms with E-state index in [1.807, 2.05) is 13.0 Å². The smallest absolute Gasteiger partial charge is 0.262 e. The van der Waals surface area contributed by atoms with Crippen LogP contribution in [0.4, 0.5) is 17.3 Å². The van der Waals surface area contributed by atoms with Crippen LogP contribution in [-0.2, 0) is 19.6 Å². The summed E-state index contributed by atoms with van der Waals surface area (Å²) in [7, 11) is -1.03. The molecule has 0 saturated heterocycles. The second-order valence-corrected chi connectivity index (χ2v) is 10.5. The van der Waals surface area contributed by atoms with Crippen LogP contribution in [0.1, 0.15) is 20.3 Å². The van der Waals surface area contributed by atoms with Crippen LogP contribution in [0.15, 0.2) is 65.2 Å². The van der Waals surface area contributed by atoms with Gasteiger partial charge in [-0.1, -0.05) is 25.1 Å². The quantitative estimate of drug-likeness (QED) is 0.320. The van der Waals surface area contributed by atoms with E-state index in [0.29, 0.717) is 46.9 Å². The number of amides is 1. The molecule has 0 saturated carbocycles. The van der Waals surface area contributed by atoms with Crippen molar-refractivity contribution >= 4 is 44.3 Å². The summed E-state index contributed by atoms with van der Waals surface area (Å²) in [5, 5.41) is 5.88. The van der Waals surface area contributed by atoms with E-state index < -0.39 is 10.0 Å². The number of carbonyl (C=O) groups excluding carboxylic acids is 1. The molecule has 3 aromatic rings. The zero-order valence-electron chi connectivity index (χ0n) is 22.1. The maximum atomic E-state index is 13.5. The van der Waals surface area contributed by atoms with Crippen LogP contribution < -0.4 is 24.8 Å². The number of para-hydroxylation sites is 2. The summed E-state index contributed by atoms with van der Waals surface area (Å²) in [5.41, 5.74) is 2.12. The molecule has 206 valence electrons. The molecule has 1 amide bonds. The van der Waals surface area contributed by atoms with E-state index in [1.165, 1.54) is 20.3 Å². The number of carbonyl (C=O) groups is 1. The third kappa shape index (κ3) is 7.03. The fourth-order valence-corrected chi connectivity index (χ4v) is 5.21. The Morgan fingerprint density at radius 1 is 1.03 bits per heavy atom. The summed E-state index contributed by atoms with van der Waals surface area (Å²) < 4.78 is 45.5. The Kier molecular flexibility index (Phi) is 8.67. The molecule has 1 heterocycles. The lowest BCUT2D eigenvalue weighted by atomic mass is 10.0. The van der Waals surface area contributed by atoms with Crippen LogP contribution in [-0.4, -0.2) is 51.7 Å². The van der Waals surface area contributed by atoms with Crippen molar-refractivity contribution in [2.24, 2.45) is 5.92 Å². The van der Waals surface area contributed by atoms with Gasteiger partial charge in [0.25, 0.3) is 10.0 Å². The van der Waals surface area contributed by atoms with E-state index in [4.69, 9.17) is 14.2 Å². The lowest BCUT2D eigenvalue weighted by molar-refractivity contribution is -0.124. The van der Waals surface area contributed by atoms with Gasteiger partial charge in [0, 0.05) is 36.2 Å². The highest BCUT2D eigenvalue weighted by Crippen LogP contribution is 2.32. The van der Waals surface area contributed by atoms with Gasteiger partial charge in [-0.15, -0.1) is 0 Å². The van der Waals surface area contributed by atoms with E-state index in [9.17, 15) is 13.2 Å². The zero-order valence-corrected chi connectivity index (χ0v) is 23.0. The number of benzene rings is 2. The van der Waals surface area contributed by atoms with Gasteiger partial charge >= 0.3 is 0 Å². The molecule has 0 fully saturated rings. The number of allylic oxidation sites excluding steroid dienone is 3. The third-order valence-electron chi connectivity index (χ3n) is 5.77. The van der Waals surface area contributed by atoms with Crippen molar-refractivity contribution in [3.8, 4) is 11.5 Å². The molecule has 1 aliphatic carbocycles. The number of hydrogen-bond donors (Lipinski definition) is 3. The van der Waals surface area contributed by atoms with Gasteiger partial charge in [-0.05, 0) is 37.5 Å². The first-order valence-corrected chi connectivity index (χ1v) is 13.8. The topological polar surface area (TPSA) is 141 Å². The number of methoxy groups -OCH3 is 2. The number of fused-ring (bicyclic) bond motifs is 1. The van der Waals surface area contributed by atoms with Gasteiger partial charge in [0.2, 0.25) is 5.91 Å². The molecule has 12 heteroatoms. The van der Waals surface area contributed by atoms with E-state index in [1.54, 1.807) is 49.4 Å². The minimum absolute atomic E-state index is 0.00458. The van der Waals surface area contributed by atoms with Crippen molar-refractivity contribution in [1.82, 2.24) is 15.3 Å². The molecule has 11 nitrogen and oxygen atoms in total. The van der Waals surface area contributed by atoms with E-state index in [0.717, 1.165) is 0 Å². The second-order valence-electron chi connectivity index (χ2n) is 8.85. The molecular weight excluding hydrogens is 522 g/mol. The van der Waals surface area contributed by atoms with Crippen LogP contribution in [0, 0.1) is 5.92 Å². The minimum atomic E-state index is -4.10. The highest BCUT2D eigenvalue weighted by Gasteiger charge is 2.25. The number of sulfonamides is 1. The lowest BCUT2D eigenvalue weighted by Crippen LogP contribution is -2.29. The van der Waals surface area contributed by atoms with Crippen molar-refractivity contribution < 1.29 is 27.4 Å². The van der Waals surface area contributed by atoms with Gasteiger partial charge < -0.3 is 24.8 Å². The van der Waals surface area contributed by atoms with Gasteiger partial charge in [-0.3, -0.25) is 9.52 Å². The number of anilines is 3. The average Bonchev–Trinajstić information content (AvgIpc) is 2.91. The van der Waals surface area contributed by atoms with Crippen LogP contribution in [0.3, 0.4) is 0 Å². The minimum Gasteiger partial charge on any atom is -0.497 e. The molecule has 0 aliphatic heterocycles. The number of nitrogens with one attached hydrogen (secondary N) is 3. The summed E-state index contributed by atoms with van der Waals surface area (Å²) >= 11 is 0. The normalized spacial score (nSPS) is 15.2. The molecule has 1 aromatic heterocycles. The number of aromatic nitrogens is 2. The van der Waals surface area contributed by atoms with Crippen LogP contribution in [0.2, 0.25) is 0 Å². The molecule has 3 N–H and O–H groups in total. The molecule has 39 heavy (non-hydrogen) atoms. The molecule has 1 atom stereocenters. The van der Waals surface area contributed by atoms with Gasteiger partial charge in [0.15, 0.2) is 11.6 Å². The maximum Gasteiger partial charge on any atom is 0.262 e. The zero-order chi connectivity index (χ0) is 28.0. The van der Waals surface area contributed by atoms with E-state index >= 15 is 0 Å². The monoisotopic (exact) mass is 553 g/mol. The number of nitrogens with zero attached hydrogens (tertiary/aromatic N) is 2. The molecule has 1 aliphatic rings. The highest BCUT2D eigenvalue weighted by molar-refractivity contribution is 7.96. The second kappa shape index (κ2) is 12.1. The molecule has 2 aromatic carbocycles. The van der Waals surface area contributed by atoms with Gasteiger partial charge in [-0.25, -0.2) is 18.4 Å². The Morgan fingerprint density at radius 2 is 1.67 bits per heavy atom. The van der Waals surface area contributed by atoms with Crippen molar-refractivity contribution in [2.45, 2.75) is 20.3 Å². The van der Waals surface area contributed by atoms with Crippen molar-refractivity contribution in [3.63, 3.8) is 0 Å². The SMILES string of the molecule is CCOCC(=O)NC1=CC(S(=O)(=O)Nc2nc3ccccc3nc2Nc2cc(OC)cc(OC)c2)=CC(C)C1. The molecule has 0 radical (unpaired) electrons. The Balaban J connectivity index is 1.68. The number of hydrogen-bond acceptors (Lipinski definition) is 9. The van der Waals surface area contributed by atoms with E-state index in [2.05, 4.69) is 25.3 Å². The number of rotatable bonds is 11. The van der Waals surface area contributed by atoms with Crippen molar-refractivity contribution in [1.29, 1.82) is 0 Å². The molecule has 0 spiro atoms. The molecular formula is C27H31N5O6S. The Hall–Kier alpha value is -4.16. The predicted molar refractivity (Wildman–Crippen MR) is 149 cm³/mol. The lowest BCUT2D eigenvalue weighted by Gasteiger charge is -2.20. The summed E-state index contributed by atoms with van der Waals surface area (Å²) in [4.78, 5) is 21.3. The average molecular weight is 554 g/mol. The molecule has 4 rings (SSSR count). The first kappa shape index (κ1) is 27.9. The standard InChI is InChI=1S/C27H31N5O6S/c1-5-38-16-25(33)28-18-10-17(2)11-22(14-18)39(34,35)32-27-26(30-23-8-6-7-9-24(23)31-27)29-19-12-20(36-3)15-21(13-19)37-4/h6-9,11-15,17H,5,10,16H2,1-4H3,(H,28,33)(H,29,30)(H,31,32). The summed E-state index contributed by atoms with van der Waals surface area (Å²) in [5.74, 6) is 0.795. The van der Waals surface area contributed by atoms with Crippen LogP contribution in [0.5, 0.6) is 11.5 Å². The summed E-state index contributed by atoms with van der Waals surface area (Å²) in [6, 6.07) is 12.3. The van der Waals surface area contributed by atoms with Crippen molar-refractivity contribution in [2.75, 3.05) is 37.5 Å². The summed E-state index contributed by atoms with van der Waals surface area (Å²) in [6.07, 6.45) is 3.56. The first-order valence-electron chi connectivity index (χ1n) is 12.3. The maximum absolute atomic E-state index is 13.5. The fraction of sp³-hybridized carbons (Fsp3) is 0.296. The van der Waals surface area contributed by atoms with Gasteiger partial charge in [0.05, 0.1) is 30.2 Å². The van der Waals surface area contributed by atoms with Crippen LogP contribution in [0.25, 0.3) is 11.0 Å².